The van der Waals surface area contributed by atoms with Crippen LogP contribution >= 0.6 is 0 Å². The number of hydrogen-bond acceptors (Lipinski definition) is 7. The predicted octanol–water partition coefficient (Wildman–Crippen LogP) is 1.74. The Morgan fingerprint density at radius 1 is 1.13 bits per heavy atom. The highest BCUT2D eigenvalue weighted by Gasteiger charge is 2.28. The van der Waals surface area contributed by atoms with Crippen LogP contribution in [0, 0.1) is 5.41 Å². The van der Waals surface area contributed by atoms with Gasteiger partial charge in [-0.3, -0.25) is 10.7 Å². The van der Waals surface area contributed by atoms with E-state index >= 15 is 0 Å². The van der Waals surface area contributed by atoms with E-state index in [1.807, 2.05) is 49.3 Å². The molecule has 158 valence electrons. The van der Waals surface area contributed by atoms with Gasteiger partial charge in [0, 0.05) is 13.1 Å². The fourth-order valence-electron chi connectivity index (χ4n) is 3.08. The molecule has 2 aromatic rings. The fourth-order valence-corrected chi connectivity index (χ4v) is 3.08. The number of rotatable bonds is 9. The summed E-state index contributed by atoms with van der Waals surface area (Å²) in [5.74, 6) is 0.268. The van der Waals surface area contributed by atoms with E-state index in [-0.39, 0.29) is 12.4 Å². The maximum atomic E-state index is 10.1. The Hall–Kier alpha value is -2.91. The van der Waals surface area contributed by atoms with Crippen molar-refractivity contribution in [2.75, 3.05) is 33.8 Å². The first kappa shape index (κ1) is 21.8. The molecule has 0 bridgehead atoms. The molecule has 8 nitrogen and oxygen atoms in total. The van der Waals surface area contributed by atoms with Crippen molar-refractivity contribution in [3.8, 4) is 0 Å². The maximum Gasteiger partial charge on any atom is 0.170 e. The smallest absolute Gasteiger partial charge is 0.170 e. The summed E-state index contributed by atoms with van der Waals surface area (Å²) in [5.41, 5.74) is 3.73. The Labute approximate surface area is 176 Å². The number of nitrogens with one attached hydrogen (secondary N) is 2. The molecule has 0 saturated heterocycles. The van der Waals surface area contributed by atoms with Crippen LogP contribution in [0.1, 0.15) is 17.4 Å². The summed E-state index contributed by atoms with van der Waals surface area (Å²) < 4.78 is 0. The zero-order valence-electron chi connectivity index (χ0n) is 17.3. The monoisotopic (exact) mass is 408 g/mol. The number of hydrazone groups is 1. The number of nitrogens with zero attached hydrogens (tertiary/aromatic N) is 4. The second-order valence-electron chi connectivity index (χ2n) is 7.31. The van der Waals surface area contributed by atoms with Crippen molar-refractivity contribution in [2.24, 2.45) is 10.1 Å². The average molecular weight is 409 g/mol. The topological polar surface area (TPSA) is 108 Å². The summed E-state index contributed by atoms with van der Waals surface area (Å²) in [4.78, 5) is 6.68. The lowest BCUT2D eigenvalue weighted by Crippen LogP contribution is -2.30. The third-order valence-electron chi connectivity index (χ3n) is 4.54. The molecule has 2 aromatic carbocycles. The van der Waals surface area contributed by atoms with Crippen LogP contribution in [-0.2, 0) is 6.54 Å². The summed E-state index contributed by atoms with van der Waals surface area (Å²) in [7, 11) is 3.92. The summed E-state index contributed by atoms with van der Waals surface area (Å²) in [6, 6.07) is 17.1. The van der Waals surface area contributed by atoms with Crippen LogP contribution in [0.15, 0.2) is 64.7 Å². The van der Waals surface area contributed by atoms with Crippen LogP contribution in [0.3, 0.4) is 0 Å². The van der Waals surface area contributed by atoms with Gasteiger partial charge >= 0.3 is 0 Å². The van der Waals surface area contributed by atoms with E-state index in [4.69, 9.17) is 10.5 Å². The molecule has 0 amide bonds. The highest BCUT2D eigenvalue weighted by Crippen LogP contribution is 2.20. The van der Waals surface area contributed by atoms with Gasteiger partial charge in [-0.1, -0.05) is 42.5 Å². The van der Waals surface area contributed by atoms with Crippen molar-refractivity contribution in [1.29, 1.82) is 5.41 Å². The van der Waals surface area contributed by atoms with Gasteiger partial charge in [0.1, 0.15) is 17.7 Å². The van der Waals surface area contributed by atoms with E-state index in [0.29, 0.717) is 36.6 Å². The Kier molecular flexibility index (Phi) is 7.42. The highest BCUT2D eigenvalue weighted by atomic mass is 16.3. The molecule has 0 radical (unpaired) electrons. The lowest BCUT2D eigenvalue weighted by molar-refractivity contribution is 0.129. The summed E-state index contributed by atoms with van der Waals surface area (Å²) in [6.45, 7) is 1.36. The molecule has 0 saturated carbocycles. The summed E-state index contributed by atoms with van der Waals surface area (Å²) in [5, 5.41) is 36.7. The van der Waals surface area contributed by atoms with E-state index in [1.54, 1.807) is 29.3 Å². The van der Waals surface area contributed by atoms with Crippen LogP contribution in [0.2, 0.25) is 0 Å². The molecule has 1 heterocycles. The number of aliphatic hydroxyl groups is 2. The predicted molar refractivity (Wildman–Crippen MR) is 119 cm³/mol. The van der Waals surface area contributed by atoms with Crippen LogP contribution in [0.4, 0.5) is 5.69 Å². The Morgan fingerprint density at radius 3 is 2.47 bits per heavy atom. The quantitative estimate of drug-likeness (QED) is 0.473. The number of aliphatic hydroxyl groups excluding tert-OH is 2. The Balaban J connectivity index is 1.80. The van der Waals surface area contributed by atoms with E-state index in [9.17, 15) is 5.11 Å². The van der Waals surface area contributed by atoms with Gasteiger partial charge in [0.05, 0.1) is 18.8 Å². The van der Waals surface area contributed by atoms with Crippen molar-refractivity contribution in [2.45, 2.75) is 12.8 Å². The minimum atomic E-state index is -0.851. The molecule has 4 N–H and O–H groups in total. The second-order valence-corrected chi connectivity index (χ2v) is 7.31. The van der Waals surface area contributed by atoms with Crippen molar-refractivity contribution >= 4 is 22.9 Å². The number of amidine groups is 1. The van der Waals surface area contributed by atoms with Gasteiger partial charge in [-0.25, -0.2) is 10.0 Å². The molecular weight excluding hydrogens is 380 g/mol. The van der Waals surface area contributed by atoms with E-state index in [1.165, 1.54) is 0 Å². The van der Waals surface area contributed by atoms with Crippen molar-refractivity contribution in [3.63, 3.8) is 0 Å². The first-order valence-corrected chi connectivity index (χ1v) is 9.82. The SMILES string of the molecule is CN(C)CC1=NN(Cc2ccccc2)C(=N)C1=Nc1ccc(C(O)NCCO)cc1. The first-order valence-electron chi connectivity index (χ1n) is 9.82. The molecular formula is C22H28N6O2. The average Bonchev–Trinajstić information content (AvgIpc) is 3.01. The normalized spacial score (nSPS) is 16.4. The van der Waals surface area contributed by atoms with Crippen LogP contribution in [0.25, 0.3) is 0 Å². The van der Waals surface area contributed by atoms with E-state index < -0.39 is 6.23 Å². The minimum absolute atomic E-state index is 0.0433. The fraction of sp³-hybridized carbons (Fsp3) is 0.318. The number of hydrogen-bond donors (Lipinski definition) is 4. The standard InChI is InChI=1S/C22H28N6O2/c1-27(2)15-19-20(21(23)28(26-19)14-16-6-4-3-5-7-16)25-18-10-8-17(9-11-18)22(30)24-12-13-29/h3-11,22-24,29-30H,12-15H2,1-2H3. The van der Waals surface area contributed by atoms with Gasteiger partial charge < -0.3 is 15.1 Å². The molecule has 8 heteroatoms. The zero-order chi connectivity index (χ0) is 21.5. The minimum Gasteiger partial charge on any atom is -0.395 e. The lowest BCUT2D eigenvalue weighted by atomic mass is 10.1. The Bertz CT molecular complexity index is 909. The molecule has 1 unspecified atom stereocenters. The third kappa shape index (κ3) is 5.58. The number of aliphatic imine (C=N–C) groups is 1. The lowest BCUT2D eigenvalue weighted by Gasteiger charge is -2.14. The third-order valence-corrected chi connectivity index (χ3v) is 4.54. The van der Waals surface area contributed by atoms with Crippen LogP contribution in [0.5, 0.6) is 0 Å². The molecule has 0 aromatic heterocycles. The maximum absolute atomic E-state index is 10.1. The molecule has 1 aliphatic heterocycles. The van der Waals surface area contributed by atoms with Gasteiger partial charge in [-0.2, -0.15) is 5.10 Å². The largest absolute Gasteiger partial charge is 0.395 e. The van der Waals surface area contributed by atoms with Gasteiger partial charge in [-0.05, 0) is 37.4 Å². The molecule has 0 aliphatic carbocycles. The molecule has 0 spiro atoms. The van der Waals surface area contributed by atoms with Gasteiger partial charge in [0.25, 0.3) is 0 Å². The van der Waals surface area contributed by atoms with Crippen LogP contribution < -0.4 is 5.32 Å². The highest BCUT2D eigenvalue weighted by molar-refractivity contribution is 6.70. The van der Waals surface area contributed by atoms with Gasteiger partial charge in [0.2, 0.25) is 0 Å². The molecule has 0 fully saturated rings. The molecule has 30 heavy (non-hydrogen) atoms. The first-order chi connectivity index (χ1) is 14.5. The van der Waals surface area contributed by atoms with Crippen molar-refractivity contribution < 1.29 is 10.2 Å². The van der Waals surface area contributed by atoms with E-state index in [0.717, 1.165) is 11.3 Å². The summed E-state index contributed by atoms with van der Waals surface area (Å²) in [6.07, 6.45) is -0.851. The van der Waals surface area contributed by atoms with Crippen molar-refractivity contribution in [3.05, 3.63) is 65.7 Å². The van der Waals surface area contributed by atoms with E-state index in [2.05, 4.69) is 15.4 Å². The molecule has 1 atom stereocenters. The van der Waals surface area contributed by atoms with Gasteiger partial charge in [0.15, 0.2) is 5.84 Å². The summed E-state index contributed by atoms with van der Waals surface area (Å²) >= 11 is 0. The number of benzene rings is 2. The second kappa shape index (κ2) is 10.2. The molecule has 1 aliphatic rings. The van der Waals surface area contributed by atoms with Crippen molar-refractivity contribution in [1.82, 2.24) is 15.2 Å². The Morgan fingerprint density at radius 2 is 1.83 bits per heavy atom. The molecule has 3 rings (SSSR count). The zero-order valence-corrected chi connectivity index (χ0v) is 17.3. The van der Waals surface area contributed by atoms with Crippen LogP contribution in [-0.4, -0.2) is 71.2 Å². The van der Waals surface area contributed by atoms with Gasteiger partial charge in [-0.15, -0.1) is 0 Å².